The Kier molecular flexibility index (Phi) is 5.09. The van der Waals surface area contributed by atoms with Crippen molar-refractivity contribution >= 4 is 16.8 Å². The molecule has 3 heteroatoms. The Labute approximate surface area is 155 Å². The van der Waals surface area contributed by atoms with Crippen LogP contribution < -0.4 is 26.9 Å². The van der Waals surface area contributed by atoms with Gasteiger partial charge in [-0.1, -0.05) is 19.9 Å². The fourth-order valence-electron chi connectivity index (χ4n) is 4.08. The maximum atomic E-state index is 3.52. The smallest absolute Gasteiger partial charge is 0.208 e. The molecule has 0 saturated carbocycles. The molecule has 1 aromatic heterocycles. The molecule has 2 nitrogen and oxygen atoms in total. The summed E-state index contributed by atoms with van der Waals surface area (Å²) in [6.45, 7) is 6.86. The lowest BCUT2D eigenvalue weighted by Gasteiger charge is -2.21. The number of hydrogen-bond acceptors (Lipinski definition) is 1. The van der Waals surface area contributed by atoms with E-state index in [0.717, 1.165) is 19.5 Å². The first-order chi connectivity index (χ1) is 11.2. The maximum Gasteiger partial charge on any atom is 0.208 e. The van der Waals surface area contributed by atoms with Gasteiger partial charge in [0, 0.05) is 36.4 Å². The van der Waals surface area contributed by atoms with Crippen LogP contribution in [-0.4, -0.2) is 6.54 Å². The van der Waals surface area contributed by atoms with Crippen molar-refractivity contribution in [1.82, 2.24) is 0 Å². The average Bonchev–Trinajstić information content (AvgIpc) is 2.99. The molecule has 2 aliphatic heterocycles. The molecule has 0 radical (unpaired) electrons. The minimum Gasteiger partial charge on any atom is -1.00 e. The highest BCUT2D eigenvalue weighted by atomic mass is 79.9. The second-order valence-corrected chi connectivity index (χ2v) is 6.98. The third-order valence-electron chi connectivity index (χ3n) is 5.11. The summed E-state index contributed by atoms with van der Waals surface area (Å²) in [6, 6.07) is 13.6. The van der Waals surface area contributed by atoms with Gasteiger partial charge in [-0.25, -0.2) is 0 Å². The van der Waals surface area contributed by atoms with E-state index >= 15 is 0 Å². The fraction of sp³-hybridized carbons (Fsp3) is 0.381. The quantitative estimate of drug-likeness (QED) is 0.771. The van der Waals surface area contributed by atoms with E-state index in [0.29, 0.717) is 5.92 Å². The summed E-state index contributed by atoms with van der Waals surface area (Å²) >= 11 is 0. The fourth-order valence-corrected chi connectivity index (χ4v) is 4.08. The lowest BCUT2D eigenvalue weighted by molar-refractivity contribution is -0.689. The van der Waals surface area contributed by atoms with Crippen LogP contribution in [0.3, 0.4) is 0 Å². The molecule has 0 amide bonds. The van der Waals surface area contributed by atoms with E-state index < -0.39 is 0 Å². The average molecular weight is 385 g/mol. The number of pyridine rings is 1. The second kappa shape index (κ2) is 7.10. The Morgan fingerprint density at radius 2 is 2.00 bits per heavy atom. The van der Waals surface area contributed by atoms with Gasteiger partial charge in [-0.05, 0) is 53.7 Å². The predicted molar refractivity (Wildman–Crippen MR) is 96.2 cm³/mol. The number of nitrogens with one attached hydrogen (secondary N) is 1. The molecule has 2 aromatic rings. The van der Waals surface area contributed by atoms with Crippen molar-refractivity contribution in [2.75, 3.05) is 11.9 Å². The van der Waals surface area contributed by atoms with E-state index in [9.17, 15) is 0 Å². The molecule has 3 heterocycles. The van der Waals surface area contributed by atoms with Gasteiger partial charge in [0.25, 0.3) is 0 Å². The summed E-state index contributed by atoms with van der Waals surface area (Å²) in [4.78, 5) is 0. The molecular formula is C21H25BrN2. The SMILES string of the molecule is CC(C)C(=C1CC[n+]2ccccc21)c1ccc2c(c1)CCCN2.[Br-]. The van der Waals surface area contributed by atoms with Crippen molar-refractivity contribution in [3.05, 3.63) is 59.4 Å². The summed E-state index contributed by atoms with van der Waals surface area (Å²) in [7, 11) is 0. The van der Waals surface area contributed by atoms with E-state index in [1.165, 1.54) is 46.5 Å². The van der Waals surface area contributed by atoms with Gasteiger partial charge >= 0.3 is 0 Å². The van der Waals surface area contributed by atoms with Crippen LogP contribution >= 0.6 is 0 Å². The summed E-state index contributed by atoms with van der Waals surface area (Å²) < 4.78 is 2.39. The zero-order valence-electron chi connectivity index (χ0n) is 14.5. The maximum absolute atomic E-state index is 3.52. The Hall–Kier alpha value is -1.61. The van der Waals surface area contributed by atoms with Crippen LogP contribution in [0.2, 0.25) is 0 Å². The summed E-state index contributed by atoms with van der Waals surface area (Å²) in [5.41, 5.74) is 8.67. The Balaban J connectivity index is 0.00000169. The van der Waals surface area contributed by atoms with Gasteiger partial charge in [0.2, 0.25) is 5.69 Å². The summed E-state index contributed by atoms with van der Waals surface area (Å²) in [5, 5.41) is 3.52. The van der Waals surface area contributed by atoms with Crippen molar-refractivity contribution in [3.8, 4) is 0 Å². The normalized spacial score (nSPS) is 17.6. The molecule has 0 saturated heterocycles. The first kappa shape index (κ1) is 17.2. The van der Waals surface area contributed by atoms with Crippen LogP contribution in [0.25, 0.3) is 11.1 Å². The second-order valence-electron chi connectivity index (χ2n) is 6.98. The number of aromatic nitrogens is 1. The standard InChI is InChI=1S/C21H24N2.BrH/c1-15(2)21(18-10-13-23-12-4-3-7-20(18)23)17-8-9-19-16(14-17)6-5-11-22-19;/h3-4,7-9,12,14-15H,5-6,10-11,13H2,1-2H3;1H. The van der Waals surface area contributed by atoms with Crippen LogP contribution in [0.1, 0.15) is 43.5 Å². The van der Waals surface area contributed by atoms with Gasteiger partial charge in [-0.15, -0.1) is 0 Å². The highest BCUT2D eigenvalue weighted by molar-refractivity contribution is 5.91. The number of benzene rings is 1. The molecule has 24 heavy (non-hydrogen) atoms. The van der Waals surface area contributed by atoms with E-state index in [-0.39, 0.29) is 17.0 Å². The highest BCUT2D eigenvalue weighted by Gasteiger charge is 2.28. The number of hydrogen-bond donors (Lipinski definition) is 1. The molecular weight excluding hydrogens is 360 g/mol. The molecule has 0 atom stereocenters. The van der Waals surface area contributed by atoms with Crippen molar-refractivity contribution in [1.29, 1.82) is 0 Å². The lowest BCUT2D eigenvalue weighted by atomic mass is 9.87. The van der Waals surface area contributed by atoms with Crippen molar-refractivity contribution in [2.45, 2.75) is 39.7 Å². The zero-order valence-corrected chi connectivity index (χ0v) is 16.1. The van der Waals surface area contributed by atoms with Crippen molar-refractivity contribution in [2.24, 2.45) is 5.92 Å². The van der Waals surface area contributed by atoms with Crippen LogP contribution in [-0.2, 0) is 13.0 Å². The summed E-state index contributed by atoms with van der Waals surface area (Å²) in [6.07, 6.45) is 5.79. The monoisotopic (exact) mass is 384 g/mol. The largest absolute Gasteiger partial charge is 1.00 e. The van der Waals surface area contributed by atoms with E-state index in [1.807, 2.05) is 0 Å². The van der Waals surface area contributed by atoms with Gasteiger partial charge in [-0.3, -0.25) is 0 Å². The molecule has 4 rings (SSSR count). The molecule has 126 valence electrons. The van der Waals surface area contributed by atoms with Crippen LogP contribution in [0.15, 0.2) is 42.6 Å². The number of rotatable bonds is 2. The number of nitrogens with zero attached hydrogens (tertiary/aromatic N) is 1. The molecule has 1 aromatic carbocycles. The highest BCUT2D eigenvalue weighted by Crippen LogP contribution is 2.37. The first-order valence-electron chi connectivity index (χ1n) is 8.83. The number of allylic oxidation sites excluding steroid dienone is 2. The zero-order chi connectivity index (χ0) is 15.8. The Bertz CT molecular complexity index is 777. The van der Waals surface area contributed by atoms with Gasteiger partial charge in [-0.2, -0.15) is 4.57 Å². The van der Waals surface area contributed by atoms with Gasteiger partial charge < -0.3 is 22.3 Å². The Morgan fingerprint density at radius 3 is 2.83 bits per heavy atom. The number of fused-ring (bicyclic) bond motifs is 2. The van der Waals surface area contributed by atoms with Crippen molar-refractivity contribution in [3.63, 3.8) is 0 Å². The molecule has 0 spiro atoms. The molecule has 0 unspecified atom stereocenters. The summed E-state index contributed by atoms with van der Waals surface area (Å²) in [5.74, 6) is 0.534. The van der Waals surface area contributed by atoms with E-state index in [2.05, 4.69) is 66.3 Å². The van der Waals surface area contributed by atoms with Gasteiger partial charge in [0.15, 0.2) is 12.7 Å². The van der Waals surface area contributed by atoms with Gasteiger partial charge in [0.05, 0.1) is 0 Å². The molecule has 0 fully saturated rings. The molecule has 0 bridgehead atoms. The lowest BCUT2D eigenvalue weighted by Crippen LogP contribution is -3.00. The van der Waals surface area contributed by atoms with E-state index in [1.54, 1.807) is 0 Å². The topological polar surface area (TPSA) is 15.9 Å². The first-order valence-corrected chi connectivity index (χ1v) is 8.83. The third-order valence-corrected chi connectivity index (χ3v) is 5.11. The van der Waals surface area contributed by atoms with Crippen molar-refractivity contribution < 1.29 is 21.5 Å². The third kappa shape index (κ3) is 3.02. The van der Waals surface area contributed by atoms with Crippen LogP contribution in [0.4, 0.5) is 5.69 Å². The van der Waals surface area contributed by atoms with Crippen LogP contribution in [0.5, 0.6) is 0 Å². The number of halogens is 1. The Morgan fingerprint density at radius 1 is 1.12 bits per heavy atom. The molecule has 0 aliphatic carbocycles. The number of anilines is 1. The molecule has 2 aliphatic rings. The predicted octanol–water partition coefficient (Wildman–Crippen LogP) is 1.31. The molecule has 1 N–H and O–H groups in total. The van der Waals surface area contributed by atoms with Gasteiger partial charge in [0.1, 0.15) is 0 Å². The minimum absolute atomic E-state index is 0. The van der Waals surface area contributed by atoms with Crippen LogP contribution in [0, 0.1) is 5.92 Å². The van der Waals surface area contributed by atoms with E-state index in [4.69, 9.17) is 0 Å². The number of aryl methyl sites for hydroxylation is 2. The minimum atomic E-state index is 0.